The third-order valence-corrected chi connectivity index (χ3v) is 3.68. The van der Waals surface area contributed by atoms with Crippen LogP contribution in [-0.2, 0) is 6.42 Å². The fourth-order valence-corrected chi connectivity index (χ4v) is 2.61. The van der Waals surface area contributed by atoms with Gasteiger partial charge in [-0.1, -0.05) is 30.3 Å². The van der Waals surface area contributed by atoms with Crippen molar-refractivity contribution in [2.45, 2.75) is 6.42 Å². The van der Waals surface area contributed by atoms with Gasteiger partial charge in [-0.3, -0.25) is 14.9 Å². The second-order valence-corrected chi connectivity index (χ2v) is 5.02. The standard InChI is InChI=1S/C17H13NO4/c1-22-16-7-6-11(9-15(16)18(20)21)8-13-10-12-4-2-3-5-14(12)17(13)19/h2-9H,10H2,1H3/b13-8+. The molecular weight excluding hydrogens is 282 g/mol. The van der Waals surface area contributed by atoms with Crippen LogP contribution in [0.5, 0.6) is 5.75 Å². The number of rotatable bonds is 3. The second kappa shape index (κ2) is 5.44. The van der Waals surface area contributed by atoms with E-state index in [1.165, 1.54) is 19.2 Å². The fourth-order valence-electron chi connectivity index (χ4n) is 2.61. The van der Waals surface area contributed by atoms with Crippen LogP contribution in [0, 0.1) is 10.1 Å². The molecule has 1 aliphatic carbocycles. The number of benzene rings is 2. The van der Waals surface area contributed by atoms with E-state index in [-0.39, 0.29) is 17.2 Å². The molecule has 0 fully saturated rings. The molecule has 0 radical (unpaired) electrons. The van der Waals surface area contributed by atoms with Gasteiger partial charge in [0.05, 0.1) is 12.0 Å². The first-order valence-corrected chi connectivity index (χ1v) is 6.76. The molecule has 22 heavy (non-hydrogen) atoms. The highest BCUT2D eigenvalue weighted by Gasteiger charge is 2.24. The molecule has 2 aromatic rings. The maximum Gasteiger partial charge on any atom is 0.311 e. The number of nitro benzene ring substituents is 1. The first-order valence-electron chi connectivity index (χ1n) is 6.76. The molecule has 0 spiro atoms. The van der Waals surface area contributed by atoms with E-state index in [0.717, 1.165) is 5.56 Å². The summed E-state index contributed by atoms with van der Waals surface area (Å²) in [7, 11) is 1.39. The number of fused-ring (bicyclic) bond motifs is 1. The Morgan fingerprint density at radius 3 is 2.68 bits per heavy atom. The smallest absolute Gasteiger partial charge is 0.311 e. The van der Waals surface area contributed by atoms with Crippen LogP contribution < -0.4 is 4.74 Å². The number of nitrogens with zero attached hydrogens (tertiary/aromatic N) is 1. The molecule has 0 atom stereocenters. The van der Waals surface area contributed by atoms with Gasteiger partial charge < -0.3 is 4.74 Å². The number of allylic oxidation sites excluding steroid dienone is 1. The summed E-state index contributed by atoms with van der Waals surface area (Å²) in [4.78, 5) is 22.9. The van der Waals surface area contributed by atoms with E-state index in [1.54, 1.807) is 18.2 Å². The lowest BCUT2D eigenvalue weighted by Crippen LogP contribution is -1.96. The maximum absolute atomic E-state index is 12.3. The van der Waals surface area contributed by atoms with Crippen LogP contribution in [0.1, 0.15) is 21.5 Å². The summed E-state index contributed by atoms with van der Waals surface area (Å²) in [5.74, 6) is 0.183. The summed E-state index contributed by atoms with van der Waals surface area (Å²) < 4.78 is 4.97. The normalized spacial score (nSPS) is 15.0. The lowest BCUT2D eigenvalue weighted by Gasteiger charge is -2.03. The van der Waals surface area contributed by atoms with Gasteiger partial charge in [0, 0.05) is 23.6 Å². The van der Waals surface area contributed by atoms with E-state index in [4.69, 9.17) is 4.74 Å². The molecule has 5 heteroatoms. The first-order chi connectivity index (χ1) is 10.6. The molecule has 0 heterocycles. The minimum Gasteiger partial charge on any atom is -0.490 e. The quantitative estimate of drug-likeness (QED) is 0.494. The third-order valence-electron chi connectivity index (χ3n) is 3.68. The van der Waals surface area contributed by atoms with E-state index in [9.17, 15) is 14.9 Å². The van der Waals surface area contributed by atoms with Crippen LogP contribution in [0.15, 0.2) is 48.0 Å². The molecule has 0 bridgehead atoms. The molecule has 0 unspecified atom stereocenters. The van der Waals surface area contributed by atoms with Gasteiger partial charge in [-0.15, -0.1) is 0 Å². The van der Waals surface area contributed by atoms with Crippen molar-refractivity contribution in [1.82, 2.24) is 0 Å². The monoisotopic (exact) mass is 295 g/mol. The first kappa shape index (κ1) is 14.0. The van der Waals surface area contributed by atoms with Crippen LogP contribution in [0.2, 0.25) is 0 Å². The average molecular weight is 295 g/mol. The minimum absolute atomic E-state index is 0.0194. The summed E-state index contributed by atoms with van der Waals surface area (Å²) in [5, 5.41) is 11.1. The van der Waals surface area contributed by atoms with Gasteiger partial charge in [0.15, 0.2) is 11.5 Å². The van der Waals surface area contributed by atoms with Crippen molar-refractivity contribution in [1.29, 1.82) is 0 Å². The number of ether oxygens (including phenoxy) is 1. The number of carbonyl (C=O) groups excluding carboxylic acids is 1. The summed E-state index contributed by atoms with van der Waals surface area (Å²) in [6.07, 6.45) is 2.25. The van der Waals surface area contributed by atoms with Crippen LogP contribution in [-0.4, -0.2) is 17.8 Å². The van der Waals surface area contributed by atoms with Gasteiger partial charge in [0.25, 0.3) is 0 Å². The topological polar surface area (TPSA) is 69.4 Å². The highest BCUT2D eigenvalue weighted by Crippen LogP contribution is 2.31. The molecule has 0 amide bonds. The van der Waals surface area contributed by atoms with Crippen molar-refractivity contribution in [3.05, 3.63) is 74.8 Å². The Hall–Kier alpha value is -2.95. The predicted molar refractivity (Wildman–Crippen MR) is 82.1 cm³/mol. The molecule has 0 saturated heterocycles. The van der Waals surface area contributed by atoms with Gasteiger partial charge in [0.1, 0.15) is 0 Å². The van der Waals surface area contributed by atoms with Crippen molar-refractivity contribution in [2.75, 3.05) is 7.11 Å². The molecule has 1 aliphatic rings. The SMILES string of the molecule is COc1ccc(/C=C2\Cc3ccccc3C2=O)cc1[N+](=O)[O-]. The fraction of sp³-hybridized carbons (Fsp3) is 0.118. The molecular formula is C17H13NO4. The van der Waals surface area contributed by atoms with E-state index in [1.807, 2.05) is 18.2 Å². The van der Waals surface area contributed by atoms with Crippen LogP contribution in [0.25, 0.3) is 6.08 Å². The second-order valence-electron chi connectivity index (χ2n) is 5.02. The summed E-state index contributed by atoms with van der Waals surface area (Å²) in [6.45, 7) is 0. The molecule has 5 nitrogen and oxygen atoms in total. The molecule has 110 valence electrons. The Morgan fingerprint density at radius 2 is 2.00 bits per heavy atom. The highest BCUT2D eigenvalue weighted by atomic mass is 16.6. The van der Waals surface area contributed by atoms with Crippen molar-refractivity contribution in [3.63, 3.8) is 0 Å². The number of carbonyl (C=O) groups is 1. The zero-order valence-corrected chi connectivity index (χ0v) is 11.9. The van der Waals surface area contributed by atoms with Crippen molar-refractivity contribution < 1.29 is 14.5 Å². The van der Waals surface area contributed by atoms with E-state index in [2.05, 4.69) is 0 Å². The predicted octanol–water partition coefficient (Wildman–Crippen LogP) is 3.43. The van der Waals surface area contributed by atoms with Gasteiger partial charge in [0.2, 0.25) is 0 Å². The molecule has 0 saturated carbocycles. The summed E-state index contributed by atoms with van der Waals surface area (Å²) in [6, 6.07) is 12.1. The molecule has 0 aromatic heterocycles. The number of ketones is 1. The van der Waals surface area contributed by atoms with Gasteiger partial charge >= 0.3 is 5.69 Å². The molecule has 0 aliphatic heterocycles. The Kier molecular flexibility index (Phi) is 3.47. The molecule has 2 aromatic carbocycles. The van der Waals surface area contributed by atoms with Crippen molar-refractivity contribution in [3.8, 4) is 5.75 Å². The average Bonchev–Trinajstić information content (AvgIpc) is 2.84. The van der Waals surface area contributed by atoms with E-state index >= 15 is 0 Å². The summed E-state index contributed by atoms with van der Waals surface area (Å²) >= 11 is 0. The Balaban J connectivity index is 1.99. The van der Waals surface area contributed by atoms with Gasteiger partial charge in [-0.05, 0) is 23.3 Å². The minimum atomic E-state index is -0.494. The largest absolute Gasteiger partial charge is 0.490 e. The number of nitro groups is 1. The van der Waals surface area contributed by atoms with Crippen LogP contribution in [0.4, 0.5) is 5.69 Å². The maximum atomic E-state index is 12.3. The summed E-state index contributed by atoms with van der Waals surface area (Å²) in [5.41, 5.74) is 2.84. The van der Waals surface area contributed by atoms with Gasteiger partial charge in [-0.2, -0.15) is 0 Å². The number of hydrogen-bond donors (Lipinski definition) is 0. The van der Waals surface area contributed by atoms with E-state index in [0.29, 0.717) is 23.1 Å². The van der Waals surface area contributed by atoms with Crippen molar-refractivity contribution >= 4 is 17.5 Å². The highest BCUT2D eigenvalue weighted by molar-refractivity contribution is 6.15. The lowest BCUT2D eigenvalue weighted by atomic mass is 10.1. The number of methoxy groups -OCH3 is 1. The van der Waals surface area contributed by atoms with Crippen LogP contribution >= 0.6 is 0 Å². The number of Topliss-reactive ketones (excluding diaryl/α,β-unsaturated/α-hetero) is 1. The Bertz CT molecular complexity index is 808. The molecule has 3 rings (SSSR count). The molecule has 0 N–H and O–H groups in total. The zero-order valence-electron chi connectivity index (χ0n) is 11.9. The van der Waals surface area contributed by atoms with E-state index < -0.39 is 4.92 Å². The van der Waals surface area contributed by atoms with Crippen molar-refractivity contribution in [2.24, 2.45) is 0 Å². The van der Waals surface area contributed by atoms with Crippen LogP contribution in [0.3, 0.4) is 0 Å². The zero-order chi connectivity index (χ0) is 15.7. The lowest BCUT2D eigenvalue weighted by molar-refractivity contribution is -0.385. The number of hydrogen-bond acceptors (Lipinski definition) is 4. The Morgan fingerprint density at radius 1 is 1.23 bits per heavy atom. The van der Waals surface area contributed by atoms with Gasteiger partial charge in [-0.25, -0.2) is 0 Å². The Labute approximate surface area is 127 Å². The third kappa shape index (κ3) is 2.37.